The van der Waals surface area contributed by atoms with E-state index < -0.39 is 18.6 Å². The number of fused-ring (bicyclic) bond motifs is 1. The number of para-hydroxylation sites is 1. The van der Waals surface area contributed by atoms with Gasteiger partial charge in [-0.1, -0.05) is 30.7 Å². The summed E-state index contributed by atoms with van der Waals surface area (Å²) in [5, 5.41) is 3.87. The first-order valence-corrected chi connectivity index (χ1v) is 6.26. The smallest absolute Gasteiger partial charge is 0.391 e. The van der Waals surface area contributed by atoms with Crippen LogP contribution in [0.3, 0.4) is 0 Å². The van der Waals surface area contributed by atoms with Gasteiger partial charge in [-0.2, -0.15) is 13.2 Å². The summed E-state index contributed by atoms with van der Waals surface area (Å²) >= 11 is 5.95. The normalized spacial score (nSPS) is 13.9. The summed E-state index contributed by atoms with van der Waals surface area (Å²) in [6.07, 6.45) is -5.23. The fraction of sp³-hybridized carbons (Fsp3) is 0.385. The van der Waals surface area contributed by atoms with E-state index in [0.717, 1.165) is 0 Å². The number of hydrogen-bond donors (Lipinski definition) is 1. The van der Waals surface area contributed by atoms with Gasteiger partial charge in [-0.25, -0.2) is 0 Å². The molecular weight excluding hydrogens is 279 g/mol. The zero-order valence-corrected chi connectivity index (χ0v) is 11.0. The van der Waals surface area contributed by atoms with Crippen molar-refractivity contribution in [1.82, 2.24) is 5.32 Å². The first-order valence-electron chi connectivity index (χ1n) is 5.89. The van der Waals surface area contributed by atoms with Gasteiger partial charge in [0.2, 0.25) is 0 Å². The monoisotopic (exact) mass is 291 g/mol. The molecule has 0 saturated carbocycles. The Hall–Kier alpha value is -1.20. The molecule has 19 heavy (non-hydrogen) atoms. The molecule has 0 fully saturated rings. The molecule has 0 amide bonds. The number of alkyl halides is 3. The molecular formula is C13H13ClF3NO. The number of nitrogens with one attached hydrogen (secondary N) is 1. The largest absolute Gasteiger partial charge is 0.458 e. The van der Waals surface area contributed by atoms with Gasteiger partial charge in [-0.3, -0.25) is 0 Å². The molecule has 0 radical (unpaired) electrons. The molecule has 1 unspecified atom stereocenters. The summed E-state index contributed by atoms with van der Waals surface area (Å²) in [7, 11) is 0. The second-order valence-corrected chi connectivity index (χ2v) is 4.64. The average Bonchev–Trinajstić information content (AvgIpc) is 2.72. The van der Waals surface area contributed by atoms with Gasteiger partial charge in [0.1, 0.15) is 5.76 Å². The van der Waals surface area contributed by atoms with Gasteiger partial charge in [0.15, 0.2) is 5.58 Å². The fourth-order valence-electron chi connectivity index (χ4n) is 1.97. The lowest BCUT2D eigenvalue weighted by Crippen LogP contribution is -2.26. The van der Waals surface area contributed by atoms with Gasteiger partial charge < -0.3 is 9.73 Å². The van der Waals surface area contributed by atoms with Crippen LogP contribution in [0.4, 0.5) is 13.2 Å². The quantitative estimate of drug-likeness (QED) is 0.884. The number of benzene rings is 1. The second kappa shape index (κ2) is 5.43. The SMILES string of the molecule is CCNC(CC(F)(F)F)c1cc2cccc(Cl)c2o1. The van der Waals surface area contributed by atoms with Crippen molar-refractivity contribution in [3.05, 3.63) is 35.0 Å². The van der Waals surface area contributed by atoms with Crippen LogP contribution in [0, 0.1) is 0 Å². The molecule has 1 aromatic carbocycles. The predicted octanol–water partition coefficient (Wildman–Crippen LogP) is 4.69. The lowest BCUT2D eigenvalue weighted by Gasteiger charge is -2.17. The molecule has 6 heteroatoms. The van der Waals surface area contributed by atoms with E-state index in [9.17, 15) is 13.2 Å². The van der Waals surface area contributed by atoms with Crippen LogP contribution < -0.4 is 5.32 Å². The van der Waals surface area contributed by atoms with Crippen molar-refractivity contribution < 1.29 is 17.6 Å². The number of halogens is 4. The number of furan rings is 1. The molecule has 0 saturated heterocycles. The van der Waals surface area contributed by atoms with Crippen LogP contribution >= 0.6 is 11.6 Å². The number of rotatable bonds is 4. The van der Waals surface area contributed by atoms with Gasteiger partial charge in [0.05, 0.1) is 17.5 Å². The lowest BCUT2D eigenvalue weighted by molar-refractivity contribution is -0.141. The number of hydrogen-bond acceptors (Lipinski definition) is 2. The van der Waals surface area contributed by atoms with Crippen LogP contribution in [0.1, 0.15) is 25.1 Å². The van der Waals surface area contributed by atoms with Gasteiger partial charge in [0, 0.05) is 5.39 Å². The minimum Gasteiger partial charge on any atom is -0.458 e. The third-order valence-corrected chi connectivity index (χ3v) is 3.04. The molecule has 2 rings (SSSR count). The Kier molecular flexibility index (Phi) is 4.06. The molecule has 0 aliphatic rings. The molecule has 1 N–H and O–H groups in total. The van der Waals surface area contributed by atoms with E-state index in [4.69, 9.17) is 16.0 Å². The van der Waals surface area contributed by atoms with Gasteiger partial charge in [-0.15, -0.1) is 0 Å². The highest BCUT2D eigenvalue weighted by Crippen LogP contribution is 2.34. The Bertz CT molecular complexity index is 565. The summed E-state index contributed by atoms with van der Waals surface area (Å²) in [6.45, 7) is 2.17. The van der Waals surface area contributed by atoms with E-state index in [1.165, 1.54) is 0 Å². The van der Waals surface area contributed by atoms with E-state index >= 15 is 0 Å². The highest BCUT2D eigenvalue weighted by atomic mass is 35.5. The molecule has 1 heterocycles. The predicted molar refractivity (Wildman–Crippen MR) is 68.3 cm³/mol. The van der Waals surface area contributed by atoms with E-state index in [2.05, 4.69) is 5.32 Å². The van der Waals surface area contributed by atoms with Crippen molar-refractivity contribution in [2.75, 3.05) is 6.54 Å². The molecule has 0 spiro atoms. The average molecular weight is 292 g/mol. The summed E-state index contributed by atoms with van der Waals surface area (Å²) < 4.78 is 43.1. The van der Waals surface area contributed by atoms with Gasteiger partial charge >= 0.3 is 6.18 Å². The summed E-state index contributed by atoms with van der Waals surface area (Å²) in [5.74, 6) is 0.252. The first kappa shape index (κ1) is 14.2. The van der Waals surface area contributed by atoms with Crippen molar-refractivity contribution in [2.24, 2.45) is 0 Å². The topological polar surface area (TPSA) is 25.2 Å². The van der Waals surface area contributed by atoms with Crippen molar-refractivity contribution >= 4 is 22.6 Å². The van der Waals surface area contributed by atoms with Crippen LogP contribution in [0.25, 0.3) is 11.0 Å². The Morgan fingerprint density at radius 2 is 2.11 bits per heavy atom. The van der Waals surface area contributed by atoms with Crippen molar-refractivity contribution in [1.29, 1.82) is 0 Å². The Morgan fingerprint density at radius 3 is 2.68 bits per heavy atom. The second-order valence-electron chi connectivity index (χ2n) is 4.24. The molecule has 0 aliphatic heterocycles. The molecule has 0 bridgehead atoms. The fourth-order valence-corrected chi connectivity index (χ4v) is 2.19. The maximum atomic E-state index is 12.5. The summed E-state index contributed by atoms with van der Waals surface area (Å²) in [5.41, 5.74) is 0.421. The van der Waals surface area contributed by atoms with E-state index in [1.54, 1.807) is 31.2 Å². The standard InChI is InChI=1S/C13H13ClF3NO/c1-2-18-10(7-13(15,16)17)11-6-8-4-3-5-9(14)12(8)19-11/h3-6,10,18H,2,7H2,1H3. The highest BCUT2D eigenvalue weighted by Gasteiger charge is 2.33. The van der Waals surface area contributed by atoms with Crippen LogP contribution in [-0.4, -0.2) is 12.7 Å². The maximum Gasteiger partial charge on any atom is 0.391 e. The van der Waals surface area contributed by atoms with Gasteiger partial charge in [-0.05, 0) is 18.7 Å². The zero-order chi connectivity index (χ0) is 14.0. The third kappa shape index (κ3) is 3.42. The lowest BCUT2D eigenvalue weighted by atomic mass is 10.1. The minimum absolute atomic E-state index is 0.252. The van der Waals surface area contributed by atoms with Crippen LogP contribution in [0.5, 0.6) is 0 Å². The molecule has 2 nitrogen and oxygen atoms in total. The highest BCUT2D eigenvalue weighted by molar-refractivity contribution is 6.34. The van der Waals surface area contributed by atoms with E-state index in [1.807, 2.05) is 0 Å². The van der Waals surface area contributed by atoms with Crippen molar-refractivity contribution in [2.45, 2.75) is 25.6 Å². The summed E-state index contributed by atoms with van der Waals surface area (Å²) in [4.78, 5) is 0. The Labute approximate surface area is 113 Å². The van der Waals surface area contributed by atoms with Gasteiger partial charge in [0.25, 0.3) is 0 Å². The molecule has 1 aromatic heterocycles. The first-order chi connectivity index (χ1) is 8.90. The van der Waals surface area contributed by atoms with Crippen LogP contribution in [0.15, 0.2) is 28.7 Å². The van der Waals surface area contributed by atoms with Crippen LogP contribution in [-0.2, 0) is 0 Å². The van der Waals surface area contributed by atoms with E-state index in [-0.39, 0.29) is 5.76 Å². The molecule has 1 atom stereocenters. The third-order valence-electron chi connectivity index (χ3n) is 2.74. The Balaban J connectivity index is 2.36. The maximum absolute atomic E-state index is 12.5. The van der Waals surface area contributed by atoms with E-state index in [0.29, 0.717) is 22.5 Å². The Morgan fingerprint density at radius 1 is 1.37 bits per heavy atom. The molecule has 0 aliphatic carbocycles. The van der Waals surface area contributed by atoms with Crippen molar-refractivity contribution in [3.63, 3.8) is 0 Å². The molecule has 2 aromatic rings. The minimum atomic E-state index is -4.25. The zero-order valence-electron chi connectivity index (χ0n) is 10.2. The molecule has 104 valence electrons. The summed E-state index contributed by atoms with van der Waals surface area (Å²) in [6, 6.07) is 5.83. The van der Waals surface area contributed by atoms with Crippen LogP contribution in [0.2, 0.25) is 5.02 Å². The van der Waals surface area contributed by atoms with Crippen molar-refractivity contribution in [3.8, 4) is 0 Å².